The largest absolute Gasteiger partial charge is 0.399 e. The Morgan fingerprint density at radius 1 is 1.07 bits per heavy atom. The van der Waals surface area contributed by atoms with Gasteiger partial charge in [0, 0.05) is 18.5 Å². The number of thiophene rings is 1. The van der Waals surface area contributed by atoms with Crippen molar-refractivity contribution in [3.63, 3.8) is 0 Å². The van der Waals surface area contributed by atoms with Gasteiger partial charge < -0.3 is 16.8 Å². The predicted molar refractivity (Wildman–Crippen MR) is 117 cm³/mol. The molecule has 0 atom stereocenters. The Hall–Kier alpha value is -3.65. The minimum atomic E-state index is -0.124. The first kappa shape index (κ1) is 18.7. The molecule has 5 N–H and O–H groups in total. The van der Waals surface area contributed by atoms with Crippen LogP contribution in [0.2, 0.25) is 0 Å². The van der Waals surface area contributed by atoms with Crippen LogP contribution in [0.1, 0.15) is 12.1 Å². The fraction of sp³-hybridized carbons (Fsp3) is 0.0952. The number of hydrogen-bond donors (Lipinski definition) is 3. The molecule has 7 nitrogen and oxygen atoms in total. The van der Waals surface area contributed by atoms with Crippen molar-refractivity contribution in [3.05, 3.63) is 71.2 Å². The molecule has 146 valence electrons. The van der Waals surface area contributed by atoms with Gasteiger partial charge in [0.15, 0.2) is 0 Å². The van der Waals surface area contributed by atoms with Crippen LogP contribution in [-0.4, -0.2) is 20.9 Å². The van der Waals surface area contributed by atoms with Gasteiger partial charge in [0.1, 0.15) is 0 Å². The van der Waals surface area contributed by atoms with Gasteiger partial charge in [0.25, 0.3) is 0 Å². The summed E-state index contributed by atoms with van der Waals surface area (Å²) in [7, 11) is 0. The van der Waals surface area contributed by atoms with Gasteiger partial charge in [-0.2, -0.15) is 11.3 Å². The third-order valence-electron chi connectivity index (χ3n) is 4.49. The van der Waals surface area contributed by atoms with E-state index in [4.69, 9.17) is 11.5 Å². The molecule has 0 radical (unpaired) electrons. The third kappa shape index (κ3) is 4.44. The second-order valence-electron chi connectivity index (χ2n) is 6.61. The van der Waals surface area contributed by atoms with E-state index in [1.54, 1.807) is 34.2 Å². The number of carbonyl (C=O) groups is 1. The Labute approximate surface area is 172 Å². The molecule has 0 bridgehead atoms. The average Bonchev–Trinajstić information content (AvgIpc) is 3.41. The van der Waals surface area contributed by atoms with Crippen molar-refractivity contribution < 1.29 is 4.79 Å². The minimum Gasteiger partial charge on any atom is -0.399 e. The lowest BCUT2D eigenvalue weighted by Crippen LogP contribution is -2.13. The lowest BCUT2D eigenvalue weighted by Gasteiger charge is -2.10. The summed E-state index contributed by atoms with van der Waals surface area (Å²) >= 11 is 1.63. The maximum atomic E-state index is 12.4. The Balaban J connectivity index is 1.38. The number of carbonyl (C=O) groups excluding carboxylic acids is 1. The Morgan fingerprint density at radius 3 is 2.66 bits per heavy atom. The maximum Gasteiger partial charge on any atom is 0.224 e. The fourth-order valence-corrected chi connectivity index (χ4v) is 3.56. The number of benzene rings is 2. The van der Waals surface area contributed by atoms with Crippen LogP contribution in [-0.2, 0) is 11.2 Å². The lowest BCUT2D eigenvalue weighted by atomic mass is 10.1. The number of amides is 1. The van der Waals surface area contributed by atoms with E-state index < -0.39 is 0 Å². The van der Waals surface area contributed by atoms with Gasteiger partial charge in [0.05, 0.1) is 29.0 Å². The molecule has 2 aromatic heterocycles. The highest BCUT2D eigenvalue weighted by Gasteiger charge is 2.10. The summed E-state index contributed by atoms with van der Waals surface area (Å²) in [5, 5.41) is 15.2. The second kappa shape index (κ2) is 8.15. The highest BCUT2D eigenvalue weighted by atomic mass is 32.1. The van der Waals surface area contributed by atoms with E-state index in [2.05, 4.69) is 21.0 Å². The highest BCUT2D eigenvalue weighted by molar-refractivity contribution is 7.08. The van der Waals surface area contributed by atoms with Crippen LogP contribution in [0.5, 0.6) is 0 Å². The molecular weight excluding hydrogens is 384 g/mol. The molecular formula is C21H20N6OS. The molecule has 0 fully saturated rings. The van der Waals surface area contributed by atoms with Crippen LogP contribution in [0.15, 0.2) is 65.5 Å². The van der Waals surface area contributed by atoms with E-state index in [1.165, 1.54) is 0 Å². The zero-order valence-corrected chi connectivity index (χ0v) is 16.4. The summed E-state index contributed by atoms with van der Waals surface area (Å²) in [4.78, 5) is 12.4. The van der Waals surface area contributed by atoms with Gasteiger partial charge >= 0.3 is 0 Å². The number of aryl methyl sites for hydroxylation is 1. The van der Waals surface area contributed by atoms with Gasteiger partial charge in [-0.3, -0.25) is 4.79 Å². The van der Waals surface area contributed by atoms with E-state index in [0.717, 1.165) is 22.5 Å². The zero-order valence-electron chi connectivity index (χ0n) is 15.6. The van der Waals surface area contributed by atoms with Crippen LogP contribution < -0.4 is 16.8 Å². The summed E-state index contributed by atoms with van der Waals surface area (Å²) in [5.74, 6) is -0.124. The number of hydrogen-bond acceptors (Lipinski definition) is 6. The van der Waals surface area contributed by atoms with Crippen molar-refractivity contribution in [3.8, 4) is 16.8 Å². The number of aromatic nitrogens is 3. The molecule has 29 heavy (non-hydrogen) atoms. The van der Waals surface area contributed by atoms with Gasteiger partial charge in [-0.1, -0.05) is 11.3 Å². The molecule has 0 aliphatic carbocycles. The fourth-order valence-electron chi connectivity index (χ4n) is 2.89. The number of nitrogen functional groups attached to an aromatic ring is 2. The highest BCUT2D eigenvalue weighted by Crippen LogP contribution is 2.28. The van der Waals surface area contributed by atoms with Crippen molar-refractivity contribution in [2.45, 2.75) is 12.8 Å². The van der Waals surface area contributed by atoms with Gasteiger partial charge in [-0.25, -0.2) is 4.68 Å². The first-order chi connectivity index (χ1) is 14.1. The SMILES string of the molecule is Nc1ccc(-n2cc(CCC(=O)Nc3cc(-c4ccsc4)ccc3N)nn2)cc1. The molecule has 2 heterocycles. The van der Waals surface area contributed by atoms with Crippen LogP contribution in [0.25, 0.3) is 16.8 Å². The number of nitrogens with one attached hydrogen (secondary N) is 1. The smallest absolute Gasteiger partial charge is 0.224 e. The van der Waals surface area contributed by atoms with Crippen molar-refractivity contribution in [1.82, 2.24) is 15.0 Å². The van der Waals surface area contributed by atoms with E-state index in [0.29, 0.717) is 23.5 Å². The molecule has 0 saturated heterocycles. The summed E-state index contributed by atoms with van der Waals surface area (Å²) < 4.78 is 1.66. The van der Waals surface area contributed by atoms with E-state index >= 15 is 0 Å². The van der Waals surface area contributed by atoms with Gasteiger partial charge in [-0.05, 0) is 64.4 Å². The molecule has 0 saturated carbocycles. The van der Waals surface area contributed by atoms with E-state index in [1.807, 2.05) is 41.9 Å². The molecule has 0 unspecified atom stereocenters. The number of anilines is 3. The molecule has 4 rings (SSSR count). The summed E-state index contributed by atoms with van der Waals surface area (Å²) in [5.41, 5.74) is 17.3. The molecule has 0 aliphatic rings. The number of rotatable bonds is 6. The molecule has 2 aromatic carbocycles. The van der Waals surface area contributed by atoms with Crippen LogP contribution in [0, 0.1) is 0 Å². The van der Waals surface area contributed by atoms with Crippen LogP contribution >= 0.6 is 11.3 Å². The van der Waals surface area contributed by atoms with E-state index in [-0.39, 0.29) is 12.3 Å². The van der Waals surface area contributed by atoms with Gasteiger partial charge in [-0.15, -0.1) is 5.10 Å². The molecule has 0 spiro atoms. The summed E-state index contributed by atoms with van der Waals surface area (Å²) in [6.07, 6.45) is 2.57. The van der Waals surface area contributed by atoms with Crippen LogP contribution in [0.3, 0.4) is 0 Å². The van der Waals surface area contributed by atoms with E-state index in [9.17, 15) is 4.79 Å². The third-order valence-corrected chi connectivity index (χ3v) is 5.17. The average molecular weight is 404 g/mol. The maximum absolute atomic E-state index is 12.4. The summed E-state index contributed by atoms with van der Waals surface area (Å²) in [6.45, 7) is 0. The van der Waals surface area contributed by atoms with Crippen LogP contribution in [0.4, 0.5) is 17.1 Å². The Morgan fingerprint density at radius 2 is 1.90 bits per heavy atom. The topological polar surface area (TPSA) is 112 Å². The molecule has 1 amide bonds. The van der Waals surface area contributed by atoms with Crippen molar-refractivity contribution in [2.75, 3.05) is 16.8 Å². The quantitative estimate of drug-likeness (QED) is 0.424. The zero-order chi connectivity index (χ0) is 20.2. The molecule has 4 aromatic rings. The first-order valence-corrected chi connectivity index (χ1v) is 10.0. The Kier molecular flexibility index (Phi) is 5.26. The standard InChI is InChI=1S/C21H20N6OS/c22-16-2-5-18(6-3-16)27-12-17(25-26-27)4-8-21(28)24-20-11-14(1-7-19(20)23)15-9-10-29-13-15/h1-3,5-7,9-13H,4,8,22-23H2,(H,24,28). The lowest BCUT2D eigenvalue weighted by molar-refractivity contribution is -0.116. The van der Waals surface area contributed by atoms with Crippen molar-refractivity contribution in [2.24, 2.45) is 0 Å². The normalized spacial score (nSPS) is 10.8. The van der Waals surface area contributed by atoms with Crippen molar-refractivity contribution >= 4 is 34.3 Å². The number of nitrogens with two attached hydrogens (primary N) is 2. The first-order valence-electron chi connectivity index (χ1n) is 9.07. The molecule has 8 heteroatoms. The molecule has 0 aliphatic heterocycles. The summed E-state index contributed by atoms with van der Waals surface area (Å²) in [6, 6.07) is 15.0. The monoisotopic (exact) mass is 404 g/mol. The number of nitrogens with zero attached hydrogens (tertiary/aromatic N) is 3. The van der Waals surface area contributed by atoms with Gasteiger partial charge in [0.2, 0.25) is 5.91 Å². The second-order valence-corrected chi connectivity index (χ2v) is 7.39. The minimum absolute atomic E-state index is 0.124. The Bertz CT molecular complexity index is 1120. The van der Waals surface area contributed by atoms with Crippen molar-refractivity contribution in [1.29, 1.82) is 0 Å². The predicted octanol–water partition coefficient (Wildman–Crippen LogP) is 3.73.